The first kappa shape index (κ1) is 37.3. The quantitative estimate of drug-likeness (QED) is 0.163. The van der Waals surface area contributed by atoms with E-state index in [1.165, 1.54) is 54.9 Å². The van der Waals surface area contributed by atoms with Gasteiger partial charge in [-0.1, -0.05) is 13.8 Å². The summed E-state index contributed by atoms with van der Waals surface area (Å²) in [5.74, 6) is 0. The second kappa shape index (κ2) is 16.3. The van der Waals surface area contributed by atoms with Crippen molar-refractivity contribution in [3.8, 4) is 22.3 Å². The fraction of sp³-hybridized carbons (Fsp3) is 0.200. The second-order valence-electron chi connectivity index (χ2n) is 12.6. The van der Waals surface area contributed by atoms with E-state index in [1.807, 2.05) is 13.8 Å². The SMILES string of the molecule is CC.CCC1=Cc2c(-c3cccc4ccccc34)cccc2[CH]1[Zr+2]([SiH2]C)[CH]1C(CC)=Cc2c(-c3cccc4ccccc34)cccc21.[Cl-].[Cl-]. The van der Waals surface area contributed by atoms with Crippen LogP contribution >= 0.6 is 0 Å². The molecule has 0 radical (unpaired) electrons. The predicted octanol–water partition coefficient (Wildman–Crippen LogP) is 6.51. The minimum atomic E-state index is -2.06. The Labute approximate surface area is 315 Å². The number of fused-ring (bicyclic) bond motifs is 4. The van der Waals surface area contributed by atoms with Crippen LogP contribution in [-0.2, 0) is 20.9 Å². The molecule has 2 aliphatic carbocycles. The van der Waals surface area contributed by atoms with Gasteiger partial charge in [-0.15, -0.1) is 0 Å². The summed E-state index contributed by atoms with van der Waals surface area (Å²) >= 11 is -2.06. The van der Waals surface area contributed by atoms with Crippen LogP contribution in [0.15, 0.2) is 132 Å². The molecule has 0 heterocycles. The van der Waals surface area contributed by atoms with E-state index in [9.17, 15) is 0 Å². The number of benzene rings is 6. The molecular weight excluding hydrogens is 731 g/mol. The normalized spacial score (nSPS) is 15.9. The van der Waals surface area contributed by atoms with Crippen LogP contribution in [0.1, 0.15) is 70.0 Å². The molecule has 6 aromatic carbocycles. The molecule has 0 amide bonds. The van der Waals surface area contributed by atoms with Crippen LogP contribution in [0.4, 0.5) is 0 Å². The molecule has 0 nitrogen and oxygen atoms in total. The van der Waals surface area contributed by atoms with Crippen molar-refractivity contribution in [1.82, 2.24) is 0 Å². The molecule has 0 saturated carbocycles. The van der Waals surface area contributed by atoms with Gasteiger partial charge in [-0.2, -0.15) is 0 Å². The Hall–Kier alpha value is -3.00. The molecule has 4 heteroatoms. The summed E-state index contributed by atoms with van der Waals surface area (Å²) in [5.41, 5.74) is 15.2. The Kier molecular flexibility index (Phi) is 12.4. The number of hydrogen-bond acceptors (Lipinski definition) is 0. The molecule has 2 unspecified atom stereocenters. The summed E-state index contributed by atoms with van der Waals surface area (Å²) in [6.45, 7) is 11.3. The summed E-state index contributed by atoms with van der Waals surface area (Å²) in [6.07, 6.45) is 7.54. The van der Waals surface area contributed by atoms with Gasteiger partial charge in [0.05, 0.1) is 0 Å². The van der Waals surface area contributed by atoms with Crippen molar-refractivity contribution in [2.45, 2.75) is 54.3 Å². The molecule has 0 aromatic heterocycles. The van der Waals surface area contributed by atoms with Gasteiger partial charge < -0.3 is 24.8 Å². The Bertz CT molecular complexity index is 2000. The topological polar surface area (TPSA) is 0 Å². The largest absolute Gasteiger partial charge is 1.00 e. The number of allylic oxidation sites excluding steroid dienone is 2. The third kappa shape index (κ3) is 6.52. The maximum Gasteiger partial charge on any atom is -1.00 e. The van der Waals surface area contributed by atoms with E-state index in [-0.39, 0.29) is 31.5 Å². The van der Waals surface area contributed by atoms with Crippen LogP contribution in [0.3, 0.4) is 0 Å². The van der Waals surface area contributed by atoms with Crippen LogP contribution in [0.25, 0.3) is 56.0 Å². The molecule has 0 fully saturated rings. The summed E-state index contributed by atoms with van der Waals surface area (Å²) in [7, 11) is 0. The molecule has 0 bridgehead atoms. The van der Waals surface area contributed by atoms with Crippen molar-refractivity contribution in [2.75, 3.05) is 0 Å². The van der Waals surface area contributed by atoms with E-state index >= 15 is 0 Å². The zero-order valence-corrected chi connectivity index (χ0v) is 34.6. The standard InChI is InChI=1S/2C21H17.C2H6.CH5Si.2ClH.Zr/c2*1-2-15-13-17-9-6-12-20(21(17)14-15)19-11-5-8-16-7-3-4-10-18(16)19;2*1-2;;;/h2*3-14H,2H2,1H3;1-2H3;2H2,1H3;2*1H;/q;;;;;;+2/p-2. The molecule has 2 aliphatic rings. The first-order chi connectivity index (χ1) is 23.2. The van der Waals surface area contributed by atoms with Gasteiger partial charge in [-0.3, -0.25) is 0 Å². The number of halogens is 2. The van der Waals surface area contributed by atoms with Crippen molar-refractivity contribution in [2.24, 2.45) is 0 Å². The van der Waals surface area contributed by atoms with E-state index in [4.69, 9.17) is 0 Å². The third-order valence-corrected chi connectivity index (χ3v) is 29.1. The third-order valence-electron chi connectivity index (χ3n) is 10.4. The molecule has 0 aliphatic heterocycles. The summed E-state index contributed by atoms with van der Waals surface area (Å²) in [6, 6.07) is 45.8. The average molecular weight is 776 g/mol. The van der Waals surface area contributed by atoms with Gasteiger partial charge in [0, 0.05) is 0 Å². The van der Waals surface area contributed by atoms with Crippen molar-refractivity contribution in [1.29, 1.82) is 0 Å². The molecule has 49 heavy (non-hydrogen) atoms. The zero-order valence-electron chi connectivity index (χ0n) is 29.2. The Morgan fingerprint density at radius 3 is 1.27 bits per heavy atom. The predicted molar refractivity (Wildman–Crippen MR) is 207 cm³/mol. The summed E-state index contributed by atoms with van der Waals surface area (Å²) < 4.78 is 1.34. The first-order valence-corrected chi connectivity index (χ1v) is 27.9. The summed E-state index contributed by atoms with van der Waals surface area (Å²) in [5, 5.41) is 5.35. The van der Waals surface area contributed by atoms with Crippen LogP contribution in [-0.4, -0.2) is 6.65 Å². The van der Waals surface area contributed by atoms with E-state index < -0.39 is 20.9 Å². The molecule has 8 rings (SSSR count). The van der Waals surface area contributed by atoms with Crippen molar-refractivity contribution in [3.05, 3.63) is 155 Å². The van der Waals surface area contributed by atoms with Crippen LogP contribution < -0.4 is 24.8 Å². The molecular formula is C45H45Cl2SiZr. The van der Waals surface area contributed by atoms with Gasteiger partial charge in [0.15, 0.2) is 0 Å². The fourth-order valence-electron chi connectivity index (χ4n) is 8.38. The van der Waals surface area contributed by atoms with E-state index in [1.54, 1.807) is 22.3 Å². The molecule has 0 saturated heterocycles. The van der Waals surface area contributed by atoms with E-state index in [0.29, 0.717) is 7.25 Å². The van der Waals surface area contributed by atoms with E-state index in [2.05, 4.69) is 154 Å². The van der Waals surface area contributed by atoms with Crippen molar-refractivity contribution in [3.63, 3.8) is 0 Å². The Balaban J connectivity index is 0.00000115. The maximum atomic E-state index is 2.65. The molecule has 247 valence electrons. The monoisotopic (exact) mass is 773 g/mol. The number of hydrogen-bond donors (Lipinski definition) is 0. The maximum absolute atomic E-state index is 2.65. The van der Waals surface area contributed by atoms with Gasteiger partial charge in [-0.05, 0) is 0 Å². The smallest absolute Gasteiger partial charge is 1.00 e. The minimum absolute atomic E-state index is 0. The fourth-order valence-corrected chi connectivity index (χ4v) is 28.7. The van der Waals surface area contributed by atoms with Gasteiger partial charge in [0.2, 0.25) is 0 Å². The van der Waals surface area contributed by atoms with Gasteiger partial charge >= 0.3 is 279 Å². The molecule has 6 aromatic rings. The molecule has 0 spiro atoms. The Morgan fingerprint density at radius 1 is 0.490 bits per heavy atom. The Morgan fingerprint density at radius 2 is 0.857 bits per heavy atom. The van der Waals surface area contributed by atoms with Crippen LogP contribution in [0, 0.1) is 0 Å². The second-order valence-corrected chi connectivity index (χ2v) is 29.0. The van der Waals surface area contributed by atoms with Gasteiger partial charge in [0.25, 0.3) is 0 Å². The van der Waals surface area contributed by atoms with Crippen LogP contribution in [0.5, 0.6) is 0 Å². The molecule has 2 atom stereocenters. The van der Waals surface area contributed by atoms with Gasteiger partial charge in [-0.25, -0.2) is 0 Å². The first-order valence-electron chi connectivity index (χ1n) is 17.7. The summed E-state index contributed by atoms with van der Waals surface area (Å²) in [4.78, 5) is 0. The van der Waals surface area contributed by atoms with Crippen molar-refractivity contribution >= 4 is 40.3 Å². The van der Waals surface area contributed by atoms with E-state index in [0.717, 1.165) is 12.8 Å². The van der Waals surface area contributed by atoms with Crippen LogP contribution in [0.2, 0.25) is 6.55 Å². The average Bonchev–Trinajstić information content (AvgIpc) is 3.71. The van der Waals surface area contributed by atoms with Gasteiger partial charge in [0.1, 0.15) is 0 Å². The zero-order chi connectivity index (χ0) is 32.5. The van der Waals surface area contributed by atoms with Crippen molar-refractivity contribution < 1.29 is 45.7 Å². The minimum Gasteiger partial charge on any atom is -1.00 e. The molecule has 0 N–H and O–H groups in total. The number of rotatable bonds is 7.